The van der Waals surface area contributed by atoms with Crippen molar-refractivity contribution in [1.29, 1.82) is 0 Å². The topological polar surface area (TPSA) is 68.0 Å². The summed E-state index contributed by atoms with van der Waals surface area (Å²) in [6, 6.07) is 6.59. The summed E-state index contributed by atoms with van der Waals surface area (Å²) in [7, 11) is 0. The van der Waals surface area contributed by atoms with E-state index in [1.165, 1.54) is 0 Å². The molecule has 2 heterocycles. The molecule has 1 aromatic carbocycles. The highest BCUT2D eigenvalue weighted by atomic mass is 35.5. The van der Waals surface area contributed by atoms with Gasteiger partial charge in [0, 0.05) is 11.4 Å². The Labute approximate surface area is 136 Å². The van der Waals surface area contributed by atoms with Gasteiger partial charge in [0.2, 0.25) is 0 Å². The molecule has 0 atom stereocenters. The molecule has 22 heavy (non-hydrogen) atoms. The second-order valence-electron chi connectivity index (χ2n) is 4.84. The minimum atomic E-state index is -0.291. The van der Waals surface area contributed by atoms with Crippen molar-refractivity contribution in [2.75, 3.05) is 5.32 Å². The van der Waals surface area contributed by atoms with Crippen molar-refractivity contribution in [3.8, 4) is 0 Å². The lowest BCUT2D eigenvalue weighted by Crippen LogP contribution is -2.13. The minimum Gasteiger partial charge on any atom is -0.336 e. The summed E-state index contributed by atoms with van der Waals surface area (Å²) >= 11 is 11.8. The van der Waals surface area contributed by atoms with Crippen LogP contribution in [0, 0.1) is 13.8 Å². The van der Waals surface area contributed by atoms with Crippen LogP contribution in [0.1, 0.15) is 21.7 Å². The molecule has 3 rings (SSSR count). The van der Waals surface area contributed by atoms with Crippen molar-refractivity contribution in [1.82, 2.24) is 10.1 Å². The molecule has 7 heteroatoms. The van der Waals surface area contributed by atoms with E-state index in [9.17, 15) is 4.79 Å². The van der Waals surface area contributed by atoms with E-state index in [0.29, 0.717) is 43.8 Å². The van der Waals surface area contributed by atoms with Gasteiger partial charge in [-0.15, -0.1) is 0 Å². The summed E-state index contributed by atoms with van der Waals surface area (Å²) in [5, 5.41) is 8.04. The number of nitrogens with one attached hydrogen (secondary N) is 1. The van der Waals surface area contributed by atoms with E-state index in [0.717, 1.165) is 0 Å². The molecule has 112 valence electrons. The Morgan fingerprint density at radius 1 is 1.18 bits per heavy atom. The van der Waals surface area contributed by atoms with Gasteiger partial charge < -0.3 is 9.84 Å². The van der Waals surface area contributed by atoms with Crippen LogP contribution in [0.5, 0.6) is 0 Å². The van der Waals surface area contributed by atoms with Gasteiger partial charge in [0.05, 0.1) is 26.7 Å². The first-order valence-electron chi connectivity index (χ1n) is 6.45. The van der Waals surface area contributed by atoms with E-state index in [2.05, 4.69) is 15.5 Å². The lowest BCUT2D eigenvalue weighted by molar-refractivity contribution is 0.102. The van der Waals surface area contributed by atoms with Gasteiger partial charge in [-0.3, -0.25) is 4.79 Å². The van der Waals surface area contributed by atoms with E-state index in [4.69, 9.17) is 27.7 Å². The van der Waals surface area contributed by atoms with Gasteiger partial charge in [-0.05, 0) is 38.1 Å². The predicted molar refractivity (Wildman–Crippen MR) is 85.7 cm³/mol. The average molecular weight is 336 g/mol. The largest absolute Gasteiger partial charge is 0.336 e. The molecule has 0 fully saturated rings. The monoisotopic (exact) mass is 335 g/mol. The second-order valence-corrected chi connectivity index (χ2v) is 5.66. The fourth-order valence-electron chi connectivity index (χ4n) is 2.17. The van der Waals surface area contributed by atoms with E-state index in [1.54, 1.807) is 38.1 Å². The Hall–Kier alpha value is -2.11. The number of fused-ring (bicyclic) bond motifs is 1. The van der Waals surface area contributed by atoms with Crippen molar-refractivity contribution in [2.24, 2.45) is 0 Å². The number of hydrogen-bond acceptors (Lipinski definition) is 4. The number of rotatable bonds is 2. The molecule has 0 bridgehead atoms. The van der Waals surface area contributed by atoms with Crippen molar-refractivity contribution in [3.63, 3.8) is 0 Å². The number of pyridine rings is 1. The van der Waals surface area contributed by atoms with E-state index in [1.807, 2.05) is 0 Å². The van der Waals surface area contributed by atoms with Crippen LogP contribution in [-0.2, 0) is 0 Å². The molecule has 0 aliphatic heterocycles. The number of anilines is 1. The molecule has 0 unspecified atom stereocenters. The highest BCUT2D eigenvalue weighted by Crippen LogP contribution is 2.27. The lowest BCUT2D eigenvalue weighted by Gasteiger charge is -2.08. The Kier molecular flexibility index (Phi) is 3.76. The molecule has 5 nitrogen and oxygen atoms in total. The Morgan fingerprint density at radius 3 is 2.68 bits per heavy atom. The van der Waals surface area contributed by atoms with Gasteiger partial charge in [-0.2, -0.15) is 0 Å². The van der Waals surface area contributed by atoms with Crippen LogP contribution >= 0.6 is 23.2 Å². The third-order valence-electron chi connectivity index (χ3n) is 3.17. The fourth-order valence-corrected chi connectivity index (χ4v) is 2.47. The van der Waals surface area contributed by atoms with Gasteiger partial charge in [0.25, 0.3) is 11.6 Å². The SMILES string of the molecule is Cc1cc(C(=O)Nc2ccc(Cl)c(Cl)c2)c2c(C)noc2n1. The molecule has 1 amide bonds. The summed E-state index contributed by atoms with van der Waals surface area (Å²) in [6.45, 7) is 3.55. The first kappa shape index (κ1) is 14.8. The molecule has 0 aliphatic rings. The maximum Gasteiger partial charge on any atom is 0.258 e. The summed E-state index contributed by atoms with van der Waals surface area (Å²) in [6.07, 6.45) is 0. The van der Waals surface area contributed by atoms with Crippen LogP contribution in [-0.4, -0.2) is 16.0 Å². The zero-order valence-corrected chi connectivity index (χ0v) is 13.3. The van der Waals surface area contributed by atoms with Gasteiger partial charge in [0.15, 0.2) is 0 Å². The third kappa shape index (κ3) is 2.65. The quantitative estimate of drug-likeness (QED) is 0.753. The molecule has 0 spiro atoms. The van der Waals surface area contributed by atoms with Crippen molar-refractivity contribution in [2.45, 2.75) is 13.8 Å². The fraction of sp³-hybridized carbons (Fsp3) is 0.133. The molecule has 0 saturated carbocycles. The minimum absolute atomic E-state index is 0.291. The molecule has 2 aromatic heterocycles. The van der Waals surface area contributed by atoms with Gasteiger partial charge in [0.1, 0.15) is 0 Å². The van der Waals surface area contributed by atoms with Crippen LogP contribution in [0.4, 0.5) is 5.69 Å². The Morgan fingerprint density at radius 2 is 1.95 bits per heavy atom. The first-order valence-corrected chi connectivity index (χ1v) is 7.21. The number of hydrogen-bond donors (Lipinski definition) is 1. The normalized spacial score (nSPS) is 10.9. The average Bonchev–Trinajstić information content (AvgIpc) is 2.83. The summed E-state index contributed by atoms with van der Waals surface area (Å²) in [5.41, 5.74) is 2.63. The number of carbonyl (C=O) groups is 1. The standard InChI is InChI=1S/C15H11Cl2N3O2/c1-7-5-10(13-8(2)20-22-15(13)18-7)14(21)19-9-3-4-11(16)12(17)6-9/h3-6H,1-2H3,(H,19,21). The number of amides is 1. The van der Waals surface area contributed by atoms with Gasteiger partial charge in [-0.1, -0.05) is 28.4 Å². The summed E-state index contributed by atoms with van der Waals surface area (Å²) in [5.74, 6) is -0.291. The molecule has 1 N–H and O–H groups in total. The van der Waals surface area contributed by atoms with Crippen LogP contribution in [0.3, 0.4) is 0 Å². The highest BCUT2D eigenvalue weighted by Gasteiger charge is 2.18. The number of carbonyl (C=O) groups excluding carboxylic acids is 1. The lowest BCUT2D eigenvalue weighted by atomic mass is 10.1. The summed E-state index contributed by atoms with van der Waals surface area (Å²) in [4.78, 5) is 16.8. The molecular formula is C15H11Cl2N3O2. The van der Waals surface area contributed by atoms with Gasteiger partial charge in [-0.25, -0.2) is 4.98 Å². The molecular weight excluding hydrogens is 325 g/mol. The zero-order chi connectivity index (χ0) is 15.9. The number of benzene rings is 1. The van der Waals surface area contributed by atoms with Crippen LogP contribution in [0.2, 0.25) is 10.0 Å². The summed E-state index contributed by atoms with van der Waals surface area (Å²) < 4.78 is 5.13. The number of halogens is 2. The van der Waals surface area contributed by atoms with E-state index >= 15 is 0 Å². The smallest absolute Gasteiger partial charge is 0.258 e. The third-order valence-corrected chi connectivity index (χ3v) is 3.91. The molecule has 0 aliphatic carbocycles. The zero-order valence-electron chi connectivity index (χ0n) is 11.8. The number of nitrogens with zero attached hydrogens (tertiary/aromatic N) is 2. The molecule has 0 radical (unpaired) electrons. The maximum absolute atomic E-state index is 12.5. The molecule has 0 saturated heterocycles. The van der Waals surface area contributed by atoms with E-state index in [-0.39, 0.29) is 5.91 Å². The van der Waals surface area contributed by atoms with Crippen molar-refractivity contribution in [3.05, 3.63) is 51.3 Å². The van der Waals surface area contributed by atoms with Crippen molar-refractivity contribution >= 4 is 45.9 Å². The number of aryl methyl sites for hydroxylation is 2. The maximum atomic E-state index is 12.5. The van der Waals surface area contributed by atoms with Crippen LogP contribution < -0.4 is 5.32 Å². The van der Waals surface area contributed by atoms with Gasteiger partial charge >= 0.3 is 0 Å². The number of aromatic nitrogens is 2. The Bertz CT molecular complexity index is 890. The second kappa shape index (κ2) is 5.59. The van der Waals surface area contributed by atoms with E-state index < -0.39 is 0 Å². The van der Waals surface area contributed by atoms with Crippen LogP contribution in [0.25, 0.3) is 11.1 Å². The predicted octanol–water partition coefficient (Wildman–Crippen LogP) is 4.40. The highest BCUT2D eigenvalue weighted by molar-refractivity contribution is 6.42. The Balaban J connectivity index is 2.01. The van der Waals surface area contributed by atoms with Crippen LogP contribution in [0.15, 0.2) is 28.8 Å². The first-order chi connectivity index (χ1) is 10.5. The van der Waals surface area contributed by atoms with Crippen molar-refractivity contribution < 1.29 is 9.32 Å². The molecule has 3 aromatic rings.